The standard InChI is InChI=1S/C41H44O6/c1-22(2)40(42)46-38-28(9)17-34(18-29(38)10)44-36-24(5)13-32(14-25(36)6)21-33-15-26(7)37(27(8)16-33)45-35-19-30(11)39(31(12)20-35)47-41(43)23(3)4/h13-20H,1,3,21H2,2,4-12H3. The van der Waals surface area contributed by atoms with Crippen LogP contribution >= 0.6 is 0 Å². The van der Waals surface area contributed by atoms with E-state index in [0.29, 0.717) is 34.1 Å². The van der Waals surface area contributed by atoms with Gasteiger partial charge in [0.25, 0.3) is 0 Å². The average molecular weight is 633 g/mol. The molecule has 0 amide bonds. The fourth-order valence-corrected chi connectivity index (χ4v) is 5.70. The zero-order valence-corrected chi connectivity index (χ0v) is 29.2. The van der Waals surface area contributed by atoms with E-state index in [9.17, 15) is 9.59 Å². The van der Waals surface area contributed by atoms with E-state index in [1.807, 2.05) is 52.0 Å². The third kappa shape index (κ3) is 8.20. The van der Waals surface area contributed by atoms with E-state index in [1.165, 1.54) is 11.1 Å². The van der Waals surface area contributed by atoms with Crippen LogP contribution in [0.4, 0.5) is 0 Å². The Kier molecular flexibility index (Phi) is 10.4. The van der Waals surface area contributed by atoms with Crippen molar-refractivity contribution in [3.05, 3.63) is 128 Å². The van der Waals surface area contributed by atoms with Crippen LogP contribution in [-0.2, 0) is 16.0 Å². The number of benzene rings is 4. The normalized spacial score (nSPS) is 10.8. The van der Waals surface area contributed by atoms with Crippen molar-refractivity contribution in [2.24, 2.45) is 0 Å². The van der Waals surface area contributed by atoms with E-state index in [-0.39, 0.29) is 0 Å². The summed E-state index contributed by atoms with van der Waals surface area (Å²) in [5.41, 5.74) is 10.4. The van der Waals surface area contributed by atoms with Crippen molar-refractivity contribution in [2.45, 2.75) is 75.7 Å². The van der Waals surface area contributed by atoms with Crippen LogP contribution in [-0.4, -0.2) is 11.9 Å². The molecule has 0 saturated heterocycles. The molecule has 0 saturated carbocycles. The fourth-order valence-electron chi connectivity index (χ4n) is 5.70. The summed E-state index contributed by atoms with van der Waals surface area (Å²) in [7, 11) is 0. The summed E-state index contributed by atoms with van der Waals surface area (Å²) in [5, 5.41) is 0. The van der Waals surface area contributed by atoms with E-state index in [4.69, 9.17) is 18.9 Å². The molecular weight excluding hydrogens is 588 g/mol. The Bertz CT molecular complexity index is 1700. The van der Waals surface area contributed by atoms with Gasteiger partial charge in [-0.3, -0.25) is 0 Å². The van der Waals surface area contributed by atoms with E-state index in [0.717, 1.165) is 62.4 Å². The lowest BCUT2D eigenvalue weighted by Gasteiger charge is -2.18. The van der Waals surface area contributed by atoms with Crippen molar-refractivity contribution in [1.82, 2.24) is 0 Å². The summed E-state index contributed by atoms with van der Waals surface area (Å²) in [6, 6.07) is 16.2. The summed E-state index contributed by atoms with van der Waals surface area (Å²) in [4.78, 5) is 24.1. The molecule has 0 aliphatic rings. The minimum atomic E-state index is -0.445. The summed E-state index contributed by atoms with van der Waals surface area (Å²) >= 11 is 0. The summed E-state index contributed by atoms with van der Waals surface area (Å²) in [5.74, 6) is 3.15. The van der Waals surface area contributed by atoms with Crippen molar-refractivity contribution >= 4 is 11.9 Å². The molecule has 244 valence electrons. The molecule has 4 aromatic carbocycles. The number of rotatable bonds is 10. The predicted molar refractivity (Wildman–Crippen MR) is 188 cm³/mol. The molecule has 0 unspecified atom stereocenters. The Balaban J connectivity index is 1.51. The van der Waals surface area contributed by atoms with Crippen LogP contribution in [0, 0.1) is 55.4 Å². The van der Waals surface area contributed by atoms with Crippen molar-refractivity contribution in [1.29, 1.82) is 0 Å². The Labute approximate surface area is 278 Å². The van der Waals surface area contributed by atoms with Crippen molar-refractivity contribution < 1.29 is 28.5 Å². The van der Waals surface area contributed by atoms with Crippen LogP contribution in [0.3, 0.4) is 0 Å². The topological polar surface area (TPSA) is 71.1 Å². The van der Waals surface area contributed by atoms with Gasteiger partial charge in [0.2, 0.25) is 0 Å². The van der Waals surface area contributed by atoms with Crippen LogP contribution in [0.25, 0.3) is 0 Å². The lowest BCUT2D eigenvalue weighted by molar-refractivity contribution is -0.131. The van der Waals surface area contributed by atoms with Crippen LogP contribution in [0.5, 0.6) is 34.5 Å². The molecule has 0 aromatic heterocycles. The highest BCUT2D eigenvalue weighted by atomic mass is 16.5. The Morgan fingerprint density at radius 3 is 0.979 bits per heavy atom. The van der Waals surface area contributed by atoms with Crippen LogP contribution in [0.2, 0.25) is 0 Å². The largest absolute Gasteiger partial charge is 0.457 e. The number of carbonyl (C=O) groups excluding carboxylic acids is 2. The van der Waals surface area contributed by atoms with Crippen LogP contribution in [0.1, 0.15) is 69.5 Å². The molecular formula is C41H44O6. The van der Waals surface area contributed by atoms with Gasteiger partial charge in [-0.05, 0) is 156 Å². The second-order valence-corrected chi connectivity index (χ2v) is 12.6. The maximum atomic E-state index is 12.1. The van der Waals surface area contributed by atoms with Gasteiger partial charge in [-0.15, -0.1) is 0 Å². The van der Waals surface area contributed by atoms with E-state index in [2.05, 4.69) is 65.1 Å². The van der Waals surface area contributed by atoms with Gasteiger partial charge < -0.3 is 18.9 Å². The second kappa shape index (κ2) is 14.1. The minimum Gasteiger partial charge on any atom is -0.457 e. The molecule has 0 aliphatic carbocycles. The lowest BCUT2D eigenvalue weighted by atomic mass is 9.97. The Hall–Kier alpha value is -5.10. The first-order valence-electron chi connectivity index (χ1n) is 15.6. The molecule has 0 N–H and O–H groups in total. The van der Waals surface area contributed by atoms with Gasteiger partial charge in [-0.2, -0.15) is 0 Å². The first kappa shape index (κ1) is 34.8. The van der Waals surface area contributed by atoms with E-state index >= 15 is 0 Å². The molecule has 47 heavy (non-hydrogen) atoms. The molecule has 0 atom stereocenters. The summed E-state index contributed by atoms with van der Waals surface area (Å²) < 4.78 is 23.8. The SMILES string of the molecule is C=C(C)C(=O)Oc1c(C)cc(Oc2c(C)cc(Cc3cc(C)c(Oc4cc(C)c(OC(=O)C(=C)C)c(C)c4)c(C)c3)cc2C)cc1C. The van der Waals surface area contributed by atoms with E-state index in [1.54, 1.807) is 13.8 Å². The van der Waals surface area contributed by atoms with E-state index < -0.39 is 11.9 Å². The highest BCUT2D eigenvalue weighted by Crippen LogP contribution is 2.37. The highest BCUT2D eigenvalue weighted by molar-refractivity contribution is 5.89. The van der Waals surface area contributed by atoms with Gasteiger partial charge in [0.15, 0.2) is 0 Å². The van der Waals surface area contributed by atoms with Gasteiger partial charge in [0.05, 0.1) is 0 Å². The number of ether oxygens (including phenoxy) is 4. The monoisotopic (exact) mass is 632 g/mol. The van der Waals surface area contributed by atoms with Crippen molar-refractivity contribution in [3.8, 4) is 34.5 Å². The minimum absolute atomic E-state index is 0.350. The predicted octanol–water partition coefficient (Wildman–Crippen LogP) is 10.3. The fraction of sp³-hybridized carbons (Fsp3) is 0.268. The number of carbonyl (C=O) groups is 2. The van der Waals surface area contributed by atoms with Gasteiger partial charge >= 0.3 is 11.9 Å². The molecule has 0 heterocycles. The maximum absolute atomic E-state index is 12.1. The van der Waals surface area contributed by atoms with Gasteiger partial charge in [-0.25, -0.2) is 9.59 Å². The summed E-state index contributed by atoms with van der Waals surface area (Å²) in [6.07, 6.45) is 0.756. The maximum Gasteiger partial charge on any atom is 0.338 e. The van der Waals surface area contributed by atoms with Crippen molar-refractivity contribution in [3.63, 3.8) is 0 Å². The number of hydrogen-bond acceptors (Lipinski definition) is 6. The van der Waals surface area contributed by atoms with Gasteiger partial charge in [-0.1, -0.05) is 37.4 Å². The molecule has 0 radical (unpaired) electrons. The first-order valence-corrected chi connectivity index (χ1v) is 15.6. The zero-order valence-electron chi connectivity index (χ0n) is 29.2. The highest BCUT2D eigenvalue weighted by Gasteiger charge is 2.17. The average Bonchev–Trinajstić information content (AvgIpc) is 2.96. The molecule has 0 aliphatic heterocycles. The second-order valence-electron chi connectivity index (χ2n) is 12.6. The molecule has 4 aromatic rings. The molecule has 0 bridgehead atoms. The number of hydrogen-bond donors (Lipinski definition) is 0. The van der Waals surface area contributed by atoms with Crippen LogP contribution < -0.4 is 18.9 Å². The Morgan fingerprint density at radius 2 is 0.723 bits per heavy atom. The molecule has 6 heteroatoms. The molecule has 6 nitrogen and oxygen atoms in total. The quantitative estimate of drug-likeness (QED) is 0.0984. The van der Waals surface area contributed by atoms with Crippen molar-refractivity contribution in [2.75, 3.05) is 0 Å². The number of aryl methyl sites for hydroxylation is 8. The number of esters is 2. The third-order valence-corrected chi connectivity index (χ3v) is 7.84. The third-order valence-electron chi connectivity index (χ3n) is 7.84. The molecule has 0 spiro atoms. The molecule has 0 fully saturated rings. The van der Waals surface area contributed by atoms with Gasteiger partial charge in [0, 0.05) is 11.1 Å². The first-order chi connectivity index (χ1) is 22.0. The smallest absolute Gasteiger partial charge is 0.338 e. The summed E-state index contributed by atoms with van der Waals surface area (Å²) in [6.45, 7) is 26.4. The Morgan fingerprint density at radius 1 is 0.468 bits per heavy atom. The lowest BCUT2D eigenvalue weighted by Crippen LogP contribution is -2.10. The zero-order chi connectivity index (χ0) is 34.7. The van der Waals surface area contributed by atoms with Crippen LogP contribution in [0.15, 0.2) is 72.8 Å². The molecule has 4 rings (SSSR count). The van der Waals surface area contributed by atoms with Gasteiger partial charge in [0.1, 0.15) is 34.5 Å².